The smallest absolute Gasteiger partial charge is 0.243 e. The second-order valence-electron chi connectivity index (χ2n) is 3.79. The molecule has 1 aromatic rings. The summed E-state index contributed by atoms with van der Waals surface area (Å²) in [5.41, 5.74) is 1.09. The number of hydrogen-bond acceptors (Lipinski definition) is 4. The van der Waals surface area contributed by atoms with Gasteiger partial charge in [0.25, 0.3) is 0 Å². The van der Waals surface area contributed by atoms with E-state index in [1.54, 1.807) is 18.0 Å². The molecule has 1 aliphatic rings. The molecular formula is C11H15N3OS. The molecule has 1 atom stereocenters. The number of nitrogens with one attached hydrogen (secondary N) is 2. The first-order valence-corrected chi connectivity index (χ1v) is 6.46. The maximum absolute atomic E-state index is 11.9. The quantitative estimate of drug-likeness (QED) is 0.807. The minimum atomic E-state index is -0.0962. The molecule has 4 nitrogen and oxygen atoms in total. The highest BCUT2D eigenvalue weighted by Gasteiger charge is 2.20. The average molecular weight is 237 g/mol. The molecule has 2 heterocycles. The van der Waals surface area contributed by atoms with E-state index in [0.717, 1.165) is 23.6 Å². The zero-order valence-electron chi connectivity index (χ0n) is 9.19. The Morgan fingerprint density at radius 3 is 3.25 bits per heavy atom. The van der Waals surface area contributed by atoms with Crippen LogP contribution in [0, 0.1) is 6.92 Å². The number of hydrogen-bond donors (Lipinski definition) is 2. The number of aryl methyl sites for hydroxylation is 1. The van der Waals surface area contributed by atoms with Crippen LogP contribution in [0.4, 0.5) is 5.82 Å². The van der Waals surface area contributed by atoms with Crippen LogP contribution in [0.25, 0.3) is 0 Å². The molecule has 1 saturated heterocycles. The number of rotatable bonds is 2. The molecule has 1 amide bonds. The van der Waals surface area contributed by atoms with Crippen molar-refractivity contribution in [1.82, 2.24) is 10.3 Å². The fourth-order valence-electron chi connectivity index (χ4n) is 1.55. The molecule has 0 bridgehead atoms. The van der Waals surface area contributed by atoms with Crippen LogP contribution in [0.2, 0.25) is 0 Å². The van der Waals surface area contributed by atoms with Crippen molar-refractivity contribution in [2.24, 2.45) is 0 Å². The second kappa shape index (κ2) is 5.32. The number of aromatic nitrogens is 1. The molecule has 0 saturated carbocycles. The lowest BCUT2D eigenvalue weighted by Gasteiger charge is -2.21. The van der Waals surface area contributed by atoms with Crippen LogP contribution in [-0.4, -0.2) is 35.0 Å². The topological polar surface area (TPSA) is 54.0 Å². The van der Waals surface area contributed by atoms with Crippen molar-refractivity contribution in [2.45, 2.75) is 13.0 Å². The molecule has 0 spiro atoms. The summed E-state index contributed by atoms with van der Waals surface area (Å²) < 4.78 is 0. The van der Waals surface area contributed by atoms with Gasteiger partial charge in [0.15, 0.2) is 0 Å². The van der Waals surface area contributed by atoms with Crippen LogP contribution in [0.5, 0.6) is 0 Å². The summed E-state index contributed by atoms with van der Waals surface area (Å²) in [5, 5.41) is 6.02. The molecule has 86 valence electrons. The number of thioether (sulfide) groups is 1. The first-order valence-electron chi connectivity index (χ1n) is 5.30. The summed E-state index contributed by atoms with van der Waals surface area (Å²) in [4.78, 5) is 16.0. The van der Waals surface area contributed by atoms with Crippen molar-refractivity contribution in [2.75, 3.05) is 23.4 Å². The van der Waals surface area contributed by atoms with E-state index < -0.39 is 0 Å². The van der Waals surface area contributed by atoms with Crippen LogP contribution >= 0.6 is 11.8 Å². The highest BCUT2D eigenvalue weighted by atomic mass is 32.2. The van der Waals surface area contributed by atoms with Gasteiger partial charge in [-0.3, -0.25) is 4.79 Å². The van der Waals surface area contributed by atoms with Crippen molar-refractivity contribution in [3.8, 4) is 0 Å². The van der Waals surface area contributed by atoms with Crippen LogP contribution in [0.3, 0.4) is 0 Å². The van der Waals surface area contributed by atoms with Crippen molar-refractivity contribution in [3.63, 3.8) is 0 Å². The number of carbonyl (C=O) groups is 1. The van der Waals surface area contributed by atoms with Crippen LogP contribution in [-0.2, 0) is 4.79 Å². The van der Waals surface area contributed by atoms with E-state index >= 15 is 0 Å². The Labute approximate surface area is 99.2 Å². The number of carbonyl (C=O) groups excluding carboxylic acids is 1. The van der Waals surface area contributed by atoms with E-state index in [9.17, 15) is 4.79 Å². The molecule has 1 aliphatic heterocycles. The van der Waals surface area contributed by atoms with Crippen molar-refractivity contribution in [3.05, 3.63) is 23.9 Å². The lowest BCUT2D eigenvalue weighted by atomic mass is 10.2. The van der Waals surface area contributed by atoms with Gasteiger partial charge < -0.3 is 10.6 Å². The number of anilines is 1. The Hall–Kier alpha value is -1.07. The minimum Gasteiger partial charge on any atom is -0.309 e. The molecule has 2 N–H and O–H groups in total. The summed E-state index contributed by atoms with van der Waals surface area (Å²) in [6, 6.07) is 3.68. The van der Waals surface area contributed by atoms with Crippen LogP contribution in [0.1, 0.15) is 5.56 Å². The molecule has 1 fully saturated rings. The van der Waals surface area contributed by atoms with Crippen molar-refractivity contribution in [1.29, 1.82) is 0 Å². The molecule has 0 radical (unpaired) electrons. The van der Waals surface area contributed by atoms with E-state index in [2.05, 4.69) is 15.6 Å². The Bertz CT molecular complexity index is 377. The molecule has 2 rings (SSSR count). The predicted molar refractivity (Wildman–Crippen MR) is 66.7 cm³/mol. The van der Waals surface area contributed by atoms with Gasteiger partial charge in [-0.25, -0.2) is 4.98 Å². The maximum atomic E-state index is 11.9. The maximum Gasteiger partial charge on any atom is 0.243 e. The normalized spacial score (nSPS) is 20.4. The summed E-state index contributed by atoms with van der Waals surface area (Å²) >= 11 is 1.80. The molecular weight excluding hydrogens is 222 g/mol. The lowest BCUT2D eigenvalue weighted by Crippen LogP contribution is -2.46. The first-order chi connectivity index (χ1) is 7.75. The van der Waals surface area contributed by atoms with Gasteiger partial charge in [0.05, 0.1) is 6.04 Å². The lowest BCUT2D eigenvalue weighted by molar-refractivity contribution is -0.117. The molecule has 16 heavy (non-hydrogen) atoms. The van der Waals surface area contributed by atoms with Gasteiger partial charge in [-0.15, -0.1) is 0 Å². The molecule has 1 unspecified atom stereocenters. The van der Waals surface area contributed by atoms with E-state index in [-0.39, 0.29) is 11.9 Å². The largest absolute Gasteiger partial charge is 0.309 e. The Kier molecular flexibility index (Phi) is 3.79. The summed E-state index contributed by atoms with van der Waals surface area (Å²) in [6.07, 6.45) is 1.70. The number of pyridine rings is 1. The zero-order valence-corrected chi connectivity index (χ0v) is 10.0. The number of amides is 1. The van der Waals surface area contributed by atoms with E-state index in [1.165, 1.54) is 0 Å². The average Bonchev–Trinajstić information content (AvgIpc) is 2.30. The molecule has 0 aromatic carbocycles. The summed E-state index contributed by atoms with van der Waals surface area (Å²) in [7, 11) is 0. The van der Waals surface area contributed by atoms with Gasteiger partial charge in [-0.2, -0.15) is 11.8 Å². The van der Waals surface area contributed by atoms with Gasteiger partial charge in [0.1, 0.15) is 5.82 Å². The van der Waals surface area contributed by atoms with Crippen LogP contribution < -0.4 is 10.6 Å². The van der Waals surface area contributed by atoms with Gasteiger partial charge in [-0.05, 0) is 24.6 Å². The fourth-order valence-corrected chi connectivity index (χ4v) is 2.49. The van der Waals surface area contributed by atoms with Gasteiger partial charge in [-0.1, -0.05) is 0 Å². The number of nitrogens with zero attached hydrogens (tertiary/aromatic N) is 1. The highest BCUT2D eigenvalue weighted by Crippen LogP contribution is 2.10. The van der Waals surface area contributed by atoms with Crippen LogP contribution in [0.15, 0.2) is 18.3 Å². The molecule has 1 aromatic heterocycles. The third-order valence-corrected chi connectivity index (χ3v) is 3.47. The van der Waals surface area contributed by atoms with Gasteiger partial charge in [0, 0.05) is 24.2 Å². The monoisotopic (exact) mass is 237 g/mol. The van der Waals surface area contributed by atoms with Crippen molar-refractivity contribution < 1.29 is 4.79 Å². The SMILES string of the molecule is Cc1ccnc(NC(=O)C2CSCCN2)c1. The Morgan fingerprint density at radius 1 is 1.69 bits per heavy atom. The second-order valence-corrected chi connectivity index (χ2v) is 4.94. The Balaban J connectivity index is 1.96. The van der Waals surface area contributed by atoms with Gasteiger partial charge >= 0.3 is 0 Å². The van der Waals surface area contributed by atoms with E-state index in [1.807, 2.05) is 19.1 Å². The first kappa shape index (κ1) is 11.4. The van der Waals surface area contributed by atoms with Gasteiger partial charge in [0.2, 0.25) is 5.91 Å². The van der Waals surface area contributed by atoms with E-state index in [0.29, 0.717) is 5.82 Å². The Morgan fingerprint density at radius 2 is 2.56 bits per heavy atom. The summed E-state index contributed by atoms with van der Waals surface area (Å²) in [5.74, 6) is 2.54. The predicted octanol–water partition coefficient (Wildman–Crippen LogP) is 1.03. The molecule has 0 aliphatic carbocycles. The minimum absolute atomic E-state index is 0.00491. The third-order valence-electron chi connectivity index (χ3n) is 2.40. The third kappa shape index (κ3) is 2.96. The zero-order chi connectivity index (χ0) is 11.4. The fraction of sp³-hybridized carbons (Fsp3) is 0.455. The van der Waals surface area contributed by atoms with Crippen molar-refractivity contribution >= 4 is 23.5 Å². The standard InChI is InChI=1S/C11H15N3OS/c1-8-2-3-13-10(6-8)14-11(15)9-7-16-5-4-12-9/h2-3,6,9,12H,4-5,7H2,1H3,(H,13,14,15). The molecule has 5 heteroatoms. The highest BCUT2D eigenvalue weighted by molar-refractivity contribution is 7.99. The van der Waals surface area contributed by atoms with E-state index in [4.69, 9.17) is 0 Å². The summed E-state index contributed by atoms with van der Waals surface area (Å²) in [6.45, 7) is 2.87.